The van der Waals surface area contributed by atoms with Gasteiger partial charge in [-0.05, 0) is 51.4 Å². The molecule has 0 aliphatic heterocycles. The van der Waals surface area contributed by atoms with Gasteiger partial charge in [-0.1, -0.05) is 385 Å². The lowest BCUT2D eigenvalue weighted by molar-refractivity contribution is -0.167. The van der Waals surface area contributed by atoms with Gasteiger partial charge in [0.25, 0.3) is 0 Å². The Morgan fingerprint density at radius 1 is 0.241 bits per heavy atom. The number of allylic oxidation sites excluding steroid dienone is 4. The fourth-order valence-corrected chi connectivity index (χ4v) is 11.8. The van der Waals surface area contributed by atoms with Gasteiger partial charge in [0.15, 0.2) is 6.10 Å². The van der Waals surface area contributed by atoms with E-state index in [9.17, 15) is 14.4 Å². The largest absolute Gasteiger partial charge is 0.462 e. The van der Waals surface area contributed by atoms with Crippen LogP contribution in [0.3, 0.4) is 0 Å². The minimum absolute atomic E-state index is 0.0648. The third-order valence-corrected chi connectivity index (χ3v) is 17.5. The van der Waals surface area contributed by atoms with Gasteiger partial charge in [-0.15, -0.1) is 0 Å². The number of unbranched alkanes of at least 4 members (excludes halogenated alkanes) is 56. The van der Waals surface area contributed by atoms with E-state index >= 15 is 0 Å². The smallest absolute Gasteiger partial charge is 0.306 e. The molecule has 6 heteroatoms. The van der Waals surface area contributed by atoms with Crippen LogP contribution in [0, 0.1) is 0 Å². The number of hydrogen-bond donors (Lipinski definition) is 0. The highest BCUT2D eigenvalue weighted by Gasteiger charge is 2.20. The summed E-state index contributed by atoms with van der Waals surface area (Å²) in [6.07, 6.45) is 89.3. The second kappa shape index (κ2) is 72.4. The lowest BCUT2D eigenvalue weighted by Crippen LogP contribution is -2.30. The van der Waals surface area contributed by atoms with Crippen molar-refractivity contribution < 1.29 is 28.6 Å². The number of hydrogen-bond acceptors (Lipinski definition) is 6. The van der Waals surface area contributed by atoms with E-state index in [2.05, 4.69) is 45.1 Å². The van der Waals surface area contributed by atoms with Crippen LogP contribution in [0.5, 0.6) is 0 Å². The molecule has 490 valence electrons. The van der Waals surface area contributed by atoms with E-state index in [0.717, 1.165) is 64.2 Å². The van der Waals surface area contributed by atoms with Crippen LogP contribution in [0.1, 0.15) is 432 Å². The third kappa shape index (κ3) is 70.5. The average molecular weight is 1170 g/mol. The summed E-state index contributed by atoms with van der Waals surface area (Å²) in [6, 6.07) is 0. The Kier molecular flexibility index (Phi) is 70.5. The molecule has 0 aromatic heterocycles. The fraction of sp³-hybridized carbons (Fsp3) is 0.909. The van der Waals surface area contributed by atoms with E-state index in [1.165, 1.54) is 327 Å². The summed E-state index contributed by atoms with van der Waals surface area (Å²) in [5.74, 6) is -0.829. The summed E-state index contributed by atoms with van der Waals surface area (Å²) in [5.41, 5.74) is 0. The van der Waals surface area contributed by atoms with Crippen LogP contribution in [-0.4, -0.2) is 37.2 Å². The molecule has 0 aromatic carbocycles. The molecular formula is C77H146O6. The van der Waals surface area contributed by atoms with Crippen molar-refractivity contribution in [2.75, 3.05) is 13.2 Å². The van der Waals surface area contributed by atoms with Gasteiger partial charge in [0.1, 0.15) is 13.2 Å². The Hall–Kier alpha value is -2.11. The lowest BCUT2D eigenvalue weighted by atomic mass is 10.0. The first kappa shape index (κ1) is 80.9. The van der Waals surface area contributed by atoms with Gasteiger partial charge in [-0.25, -0.2) is 0 Å². The second-order valence-corrected chi connectivity index (χ2v) is 25.9. The highest BCUT2D eigenvalue weighted by Crippen LogP contribution is 2.19. The molecule has 0 amide bonds. The first-order valence-corrected chi connectivity index (χ1v) is 37.8. The molecule has 0 saturated carbocycles. The molecule has 0 N–H and O–H groups in total. The summed E-state index contributed by atoms with van der Waals surface area (Å²) >= 11 is 0. The molecule has 0 aliphatic rings. The number of esters is 3. The van der Waals surface area contributed by atoms with E-state index < -0.39 is 6.10 Å². The molecule has 0 rings (SSSR count). The molecule has 6 nitrogen and oxygen atoms in total. The second-order valence-electron chi connectivity index (χ2n) is 25.9. The van der Waals surface area contributed by atoms with E-state index in [1.807, 2.05) is 0 Å². The van der Waals surface area contributed by atoms with E-state index in [-0.39, 0.29) is 31.1 Å². The van der Waals surface area contributed by atoms with Gasteiger partial charge < -0.3 is 14.2 Å². The maximum Gasteiger partial charge on any atom is 0.306 e. The lowest BCUT2D eigenvalue weighted by Gasteiger charge is -2.18. The molecular weight excluding hydrogens is 1020 g/mol. The molecule has 1 atom stereocenters. The van der Waals surface area contributed by atoms with Crippen molar-refractivity contribution in [2.24, 2.45) is 0 Å². The van der Waals surface area contributed by atoms with E-state index in [1.54, 1.807) is 0 Å². The minimum Gasteiger partial charge on any atom is -0.462 e. The van der Waals surface area contributed by atoms with E-state index in [4.69, 9.17) is 14.2 Å². The van der Waals surface area contributed by atoms with Crippen molar-refractivity contribution >= 4 is 17.9 Å². The molecule has 0 fully saturated rings. The van der Waals surface area contributed by atoms with Crippen molar-refractivity contribution in [3.8, 4) is 0 Å². The average Bonchev–Trinajstić information content (AvgIpc) is 3.50. The van der Waals surface area contributed by atoms with Crippen molar-refractivity contribution in [1.82, 2.24) is 0 Å². The van der Waals surface area contributed by atoms with Crippen LogP contribution in [0.15, 0.2) is 24.3 Å². The van der Waals surface area contributed by atoms with Crippen LogP contribution in [-0.2, 0) is 28.6 Å². The first-order valence-electron chi connectivity index (χ1n) is 37.8. The number of ether oxygens (including phenoxy) is 3. The minimum atomic E-state index is -0.770. The number of carbonyl (C=O) groups excluding carboxylic acids is 3. The number of carbonyl (C=O) groups is 3. The Bertz CT molecular complexity index is 1340. The maximum atomic E-state index is 13.0. The fourth-order valence-electron chi connectivity index (χ4n) is 11.8. The van der Waals surface area contributed by atoms with Crippen LogP contribution in [0.2, 0.25) is 0 Å². The first-order chi connectivity index (χ1) is 41.0. The molecule has 0 spiro atoms. The SMILES string of the molecule is CCCCCCC/C=C\C/C=C\CCCCCCCCCCCCCC(=O)OC(COC(=O)CCCCCCCCCCCCCCCCCC)COC(=O)CCCCCCCCCCCCCCCCCCCCCCCCCCCC. The predicted molar refractivity (Wildman–Crippen MR) is 363 cm³/mol. The zero-order chi connectivity index (χ0) is 59.9. The topological polar surface area (TPSA) is 78.9 Å². The summed E-state index contributed by atoms with van der Waals surface area (Å²) in [5, 5.41) is 0. The van der Waals surface area contributed by atoms with Gasteiger partial charge in [0, 0.05) is 19.3 Å². The molecule has 0 bridgehead atoms. The maximum absolute atomic E-state index is 13.0. The van der Waals surface area contributed by atoms with Crippen molar-refractivity contribution in [3.63, 3.8) is 0 Å². The van der Waals surface area contributed by atoms with Crippen molar-refractivity contribution in [1.29, 1.82) is 0 Å². The molecule has 0 saturated heterocycles. The zero-order valence-electron chi connectivity index (χ0n) is 56.5. The van der Waals surface area contributed by atoms with Crippen LogP contribution in [0.25, 0.3) is 0 Å². The van der Waals surface area contributed by atoms with Gasteiger partial charge in [0.2, 0.25) is 0 Å². The standard InChI is InChI=1S/C77H146O6/c1-4-7-10-13-16-19-22-25-28-31-33-35-37-38-39-41-42-44-46-49-52-55-58-61-64-67-70-76(79)82-73-74(72-81-75(78)69-66-63-60-57-54-51-48-30-27-24-21-18-15-12-9-6-3)83-77(80)71-68-65-62-59-56-53-50-47-45-43-40-36-34-32-29-26-23-20-17-14-11-8-5-2/h23,26,32,34,74H,4-22,24-25,27-31,33,35-73H2,1-3H3/b26-23-,34-32-. The molecule has 0 radical (unpaired) electrons. The number of rotatable bonds is 71. The van der Waals surface area contributed by atoms with E-state index in [0.29, 0.717) is 19.3 Å². The predicted octanol–water partition coefficient (Wildman–Crippen LogP) is 26.1. The molecule has 83 heavy (non-hydrogen) atoms. The summed E-state index contributed by atoms with van der Waals surface area (Å²) in [6.45, 7) is 6.73. The Morgan fingerprint density at radius 2 is 0.434 bits per heavy atom. The van der Waals surface area contributed by atoms with Crippen molar-refractivity contribution in [2.45, 2.75) is 438 Å². The monoisotopic (exact) mass is 1170 g/mol. The Morgan fingerprint density at radius 3 is 0.663 bits per heavy atom. The zero-order valence-corrected chi connectivity index (χ0v) is 56.5. The quantitative estimate of drug-likeness (QED) is 0.0261. The molecule has 0 heterocycles. The Labute approximate surface area is 519 Å². The van der Waals surface area contributed by atoms with Crippen LogP contribution in [0.4, 0.5) is 0 Å². The van der Waals surface area contributed by atoms with Gasteiger partial charge in [-0.3, -0.25) is 14.4 Å². The highest BCUT2D eigenvalue weighted by molar-refractivity contribution is 5.71. The molecule has 0 aromatic rings. The molecule has 1 unspecified atom stereocenters. The summed E-state index contributed by atoms with van der Waals surface area (Å²) in [7, 11) is 0. The summed E-state index contributed by atoms with van der Waals surface area (Å²) < 4.78 is 17.1. The van der Waals surface area contributed by atoms with Gasteiger partial charge >= 0.3 is 17.9 Å². The Balaban J connectivity index is 4.24. The normalized spacial score (nSPS) is 12.1. The summed E-state index contributed by atoms with van der Waals surface area (Å²) in [4.78, 5) is 38.5. The highest BCUT2D eigenvalue weighted by atomic mass is 16.6. The third-order valence-electron chi connectivity index (χ3n) is 17.5. The van der Waals surface area contributed by atoms with Gasteiger partial charge in [-0.2, -0.15) is 0 Å². The van der Waals surface area contributed by atoms with Crippen LogP contribution >= 0.6 is 0 Å². The van der Waals surface area contributed by atoms with Gasteiger partial charge in [0.05, 0.1) is 0 Å². The van der Waals surface area contributed by atoms with Crippen LogP contribution < -0.4 is 0 Å². The van der Waals surface area contributed by atoms with Crippen molar-refractivity contribution in [3.05, 3.63) is 24.3 Å². The molecule has 0 aliphatic carbocycles.